The molecule has 1 aromatic heterocycles. The number of sulfonamides is 1. The van der Waals surface area contributed by atoms with Crippen LogP contribution in [-0.4, -0.2) is 60.9 Å². The van der Waals surface area contributed by atoms with Gasteiger partial charge in [-0.25, -0.2) is 8.42 Å². The third-order valence-electron chi connectivity index (χ3n) is 4.84. The van der Waals surface area contributed by atoms with E-state index in [1.54, 1.807) is 24.7 Å². The molecule has 1 aromatic carbocycles. The zero-order valence-corrected chi connectivity index (χ0v) is 17.7. The highest BCUT2D eigenvalue weighted by atomic mass is 35.5. The minimum atomic E-state index is -3.64. The van der Waals surface area contributed by atoms with E-state index < -0.39 is 10.0 Å². The van der Waals surface area contributed by atoms with Gasteiger partial charge < -0.3 is 14.2 Å². The molecule has 0 unspecified atom stereocenters. The zero-order valence-electron chi connectivity index (χ0n) is 16.2. The van der Waals surface area contributed by atoms with Gasteiger partial charge in [0.05, 0.1) is 4.90 Å². The standard InChI is InChI=1S/C19H22ClN3O5S/c1-14-11-17(24)18(12-21(14)2)28-13-19(25)22-7-9-23(10-8-22)29(26,27)16-5-3-15(20)4-6-16/h3-6,11-12H,7-10,13H2,1-2H3. The molecular formula is C19H22ClN3O5S. The molecule has 0 aliphatic carbocycles. The van der Waals surface area contributed by atoms with Gasteiger partial charge in [-0.2, -0.15) is 4.31 Å². The number of carbonyl (C=O) groups excluding carboxylic acids is 1. The number of piperazine rings is 1. The summed E-state index contributed by atoms with van der Waals surface area (Å²) in [5.74, 6) is -0.188. The van der Waals surface area contributed by atoms with E-state index in [4.69, 9.17) is 16.3 Å². The van der Waals surface area contributed by atoms with Crippen LogP contribution >= 0.6 is 11.6 Å². The Morgan fingerprint density at radius 1 is 1.14 bits per heavy atom. The van der Waals surface area contributed by atoms with Crippen molar-refractivity contribution in [1.29, 1.82) is 0 Å². The van der Waals surface area contributed by atoms with Gasteiger partial charge in [-0.05, 0) is 31.2 Å². The Labute approximate surface area is 174 Å². The maximum atomic E-state index is 12.7. The molecule has 0 bridgehead atoms. The predicted molar refractivity (Wildman–Crippen MR) is 109 cm³/mol. The Balaban J connectivity index is 1.57. The molecule has 156 valence electrons. The Kier molecular flexibility index (Phi) is 6.30. The minimum absolute atomic E-state index is 0.107. The molecule has 2 aromatic rings. The minimum Gasteiger partial charge on any atom is -0.478 e. The summed E-state index contributed by atoms with van der Waals surface area (Å²) in [5, 5.41) is 0.461. The van der Waals surface area contributed by atoms with Crippen LogP contribution in [0.25, 0.3) is 0 Å². The second-order valence-corrected chi connectivity index (χ2v) is 9.16. The van der Waals surface area contributed by atoms with Crippen LogP contribution in [0.5, 0.6) is 5.75 Å². The molecule has 0 N–H and O–H groups in total. The Hall–Kier alpha value is -2.36. The van der Waals surface area contributed by atoms with Crippen molar-refractivity contribution < 1.29 is 17.9 Å². The maximum absolute atomic E-state index is 12.7. The van der Waals surface area contributed by atoms with E-state index in [2.05, 4.69) is 0 Å². The molecule has 0 spiro atoms. The third-order valence-corrected chi connectivity index (χ3v) is 7.01. The summed E-state index contributed by atoms with van der Waals surface area (Å²) in [6.07, 6.45) is 1.54. The average Bonchev–Trinajstić information content (AvgIpc) is 2.70. The highest BCUT2D eigenvalue weighted by Crippen LogP contribution is 2.20. The van der Waals surface area contributed by atoms with Crippen LogP contribution in [0.1, 0.15) is 5.69 Å². The van der Waals surface area contributed by atoms with Crippen molar-refractivity contribution in [2.24, 2.45) is 7.05 Å². The molecule has 3 rings (SSSR count). The molecule has 0 saturated carbocycles. The average molecular weight is 440 g/mol. The molecule has 1 fully saturated rings. The second-order valence-electron chi connectivity index (χ2n) is 6.78. The fraction of sp³-hybridized carbons (Fsp3) is 0.368. The summed E-state index contributed by atoms with van der Waals surface area (Å²) in [5.41, 5.74) is 0.499. The lowest BCUT2D eigenvalue weighted by Gasteiger charge is -2.33. The molecule has 1 aliphatic rings. The maximum Gasteiger partial charge on any atom is 0.260 e. The summed E-state index contributed by atoms with van der Waals surface area (Å²) < 4.78 is 33.9. The van der Waals surface area contributed by atoms with Crippen LogP contribution in [0.2, 0.25) is 5.02 Å². The van der Waals surface area contributed by atoms with Gasteiger partial charge in [0.1, 0.15) is 0 Å². The van der Waals surface area contributed by atoms with Gasteiger partial charge in [0.25, 0.3) is 5.91 Å². The highest BCUT2D eigenvalue weighted by Gasteiger charge is 2.30. The smallest absolute Gasteiger partial charge is 0.260 e. The first kappa shape index (κ1) is 21.4. The van der Waals surface area contributed by atoms with Crippen molar-refractivity contribution in [3.05, 3.63) is 57.5 Å². The van der Waals surface area contributed by atoms with Crippen molar-refractivity contribution in [3.63, 3.8) is 0 Å². The van der Waals surface area contributed by atoms with E-state index in [0.29, 0.717) is 5.02 Å². The number of hydrogen-bond donors (Lipinski definition) is 0. The van der Waals surface area contributed by atoms with Crippen LogP contribution in [0.3, 0.4) is 0 Å². The molecule has 0 radical (unpaired) electrons. The summed E-state index contributed by atoms with van der Waals surface area (Å²) in [7, 11) is -1.85. The number of rotatable bonds is 5. The number of benzene rings is 1. The first-order valence-electron chi connectivity index (χ1n) is 9.02. The lowest BCUT2D eigenvalue weighted by Crippen LogP contribution is -2.51. The van der Waals surface area contributed by atoms with Crippen LogP contribution in [0, 0.1) is 6.92 Å². The number of pyridine rings is 1. The fourth-order valence-electron chi connectivity index (χ4n) is 2.98. The lowest BCUT2D eigenvalue weighted by atomic mass is 10.3. The van der Waals surface area contributed by atoms with Crippen LogP contribution < -0.4 is 10.2 Å². The third kappa shape index (κ3) is 4.80. The Bertz CT molecular complexity index is 1060. The van der Waals surface area contributed by atoms with E-state index in [0.717, 1.165) is 5.69 Å². The van der Waals surface area contributed by atoms with Crippen LogP contribution in [-0.2, 0) is 21.9 Å². The summed E-state index contributed by atoms with van der Waals surface area (Å²) in [6, 6.07) is 7.43. The van der Waals surface area contributed by atoms with E-state index in [9.17, 15) is 18.0 Å². The number of amides is 1. The normalized spacial score (nSPS) is 15.3. The van der Waals surface area contributed by atoms with Crippen LogP contribution in [0.4, 0.5) is 0 Å². The molecule has 0 atom stereocenters. The van der Waals surface area contributed by atoms with E-state index in [1.165, 1.54) is 39.5 Å². The number of ether oxygens (including phenoxy) is 1. The number of halogens is 1. The monoisotopic (exact) mass is 439 g/mol. The number of aromatic nitrogens is 1. The SMILES string of the molecule is Cc1cc(=O)c(OCC(=O)N2CCN(S(=O)(=O)c3ccc(Cl)cc3)CC2)cn1C. The van der Waals surface area contributed by atoms with Gasteiger partial charge in [-0.1, -0.05) is 11.6 Å². The molecule has 1 amide bonds. The molecule has 8 nitrogen and oxygen atoms in total. The van der Waals surface area contributed by atoms with E-state index >= 15 is 0 Å². The first-order valence-corrected chi connectivity index (χ1v) is 10.8. The van der Waals surface area contributed by atoms with Crippen molar-refractivity contribution in [3.8, 4) is 5.75 Å². The van der Waals surface area contributed by atoms with Gasteiger partial charge in [0.15, 0.2) is 12.4 Å². The predicted octanol–water partition coefficient (Wildman–Crippen LogP) is 1.26. The summed E-state index contributed by atoms with van der Waals surface area (Å²) in [6.45, 7) is 2.39. The van der Waals surface area contributed by atoms with Gasteiger partial charge in [0.2, 0.25) is 15.5 Å². The summed E-state index contributed by atoms with van der Waals surface area (Å²) >= 11 is 5.82. The number of carbonyl (C=O) groups is 1. The van der Waals surface area contributed by atoms with Gasteiger partial charge in [-0.3, -0.25) is 9.59 Å². The van der Waals surface area contributed by atoms with Gasteiger partial charge in [0, 0.05) is 56.2 Å². The second kappa shape index (κ2) is 8.56. The van der Waals surface area contributed by atoms with Crippen molar-refractivity contribution in [1.82, 2.24) is 13.8 Å². The van der Waals surface area contributed by atoms with Gasteiger partial charge >= 0.3 is 0 Å². The summed E-state index contributed by atoms with van der Waals surface area (Å²) in [4.78, 5) is 26.1. The van der Waals surface area contributed by atoms with Gasteiger partial charge in [-0.15, -0.1) is 0 Å². The Morgan fingerprint density at radius 2 is 1.76 bits per heavy atom. The lowest BCUT2D eigenvalue weighted by molar-refractivity contribution is -0.134. The molecular weight excluding hydrogens is 418 g/mol. The van der Waals surface area contributed by atoms with Crippen LogP contribution in [0.15, 0.2) is 46.2 Å². The van der Waals surface area contributed by atoms with Crippen molar-refractivity contribution in [2.75, 3.05) is 32.8 Å². The van der Waals surface area contributed by atoms with Crippen molar-refractivity contribution >= 4 is 27.5 Å². The Morgan fingerprint density at radius 3 is 2.38 bits per heavy atom. The molecule has 10 heteroatoms. The molecule has 2 heterocycles. The number of nitrogens with zero attached hydrogens (tertiary/aromatic N) is 3. The molecule has 1 saturated heterocycles. The zero-order chi connectivity index (χ0) is 21.2. The largest absolute Gasteiger partial charge is 0.478 e. The number of aryl methyl sites for hydroxylation is 2. The van der Waals surface area contributed by atoms with E-state index in [-0.39, 0.29) is 54.8 Å². The fourth-order valence-corrected chi connectivity index (χ4v) is 4.52. The molecule has 29 heavy (non-hydrogen) atoms. The topological polar surface area (TPSA) is 88.9 Å². The molecule has 1 aliphatic heterocycles. The highest BCUT2D eigenvalue weighted by molar-refractivity contribution is 7.89. The quantitative estimate of drug-likeness (QED) is 0.699. The first-order chi connectivity index (χ1) is 13.7. The number of hydrogen-bond acceptors (Lipinski definition) is 5. The van der Waals surface area contributed by atoms with Crippen molar-refractivity contribution in [2.45, 2.75) is 11.8 Å². The van der Waals surface area contributed by atoms with E-state index in [1.807, 2.05) is 0 Å².